The molecule has 3 aromatic heterocycles. The molecule has 0 bridgehead atoms. The smallest absolute Gasteiger partial charge is 0.228 e. The van der Waals surface area contributed by atoms with Gasteiger partial charge in [-0.05, 0) is 42.1 Å². The summed E-state index contributed by atoms with van der Waals surface area (Å²) in [5.41, 5.74) is 5.01. The molecule has 174 valence electrons. The largest absolute Gasteiger partial charge is 0.368 e. The Morgan fingerprint density at radius 1 is 0.941 bits per heavy atom. The van der Waals surface area contributed by atoms with Gasteiger partial charge in [0.2, 0.25) is 5.95 Å². The Kier molecular flexibility index (Phi) is 5.08. The van der Waals surface area contributed by atoms with E-state index >= 15 is 0 Å². The van der Waals surface area contributed by atoms with Gasteiger partial charge in [0.25, 0.3) is 0 Å². The number of nitrogens with zero attached hydrogens (tertiary/aromatic N) is 5. The highest BCUT2D eigenvalue weighted by Crippen LogP contribution is 2.48. The molecular formula is C26H30N8. The Labute approximate surface area is 200 Å². The van der Waals surface area contributed by atoms with E-state index in [-0.39, 0.29) is 5.41 Å². The van der Waals surface area contributed by atoms with Crippen LogP contribution in [0.25, 0.3) is 11.1 Å². The molecule has 0 amide bonds. The van der Waals surface area contributed by atoms with Crippen LogP contribution in [-0.4, -0.2) is 52.7 Å². The van der Waals surface area contributed by atoms with Gasteiger partial charge in [0.05, 0.1) is 17.6 Å². The van der Waals surface area contributed by atoms with Crippen molar-refractivity contribution in [2.45, 2.75) is 25.8 Å². The molecule has 1 saturated heterocycles. The Morgan fingerprint density at radius 3 is 2.65 bits per heavy atom. The fraction of sp³-hybridized carbons (Fsp3) is 0.385. The lowest BCUT2D eigenvalue weighted by Crippen LogP contribution is -2.43. The topological polar surface area (TPSA) is 90.9 Å². The molecule has 6 rings (SSSR count). The van der Waals surface area contributed by atoms with E-state index in [0.29, 0.717) is 5.95 Å². The molecule has 34 heavy (non-hydrogen) atoms. The summed E-state index contributed by atoms with van der Waals surface area (Å²) in [5.74, 6) is 1.27. The monoisotopic (exact) mass is 454 g/mol. The number of aromatic nitrogens is 4. The zero-order valence-electron chi connectivity index (χ0n) is 19.7. The maximum Gasteiger partial charge on any atom is 0.228 e. The van der Waals surface area contributed by atoms with Crippen LogP contribution in [0.3, 0.4) is 0 Å². The minimum absolute atomic E-state index is 0.117. The second-order valence-corrected chi connectivity index (χ2v) is 9.95. The predicted octanol–water partition coefficient (Wildman–Crippen LogP) is 3.22. The van der Waals surface area contributed by atoms with Crippen LogP contribution < -0.4 is 20.9 Å². The third-order valence-corrected chi connectivity index (χ3v) is 7.13. The van der Waals surface area contributed by atoms with E-state index in [0.717, 1.165) is 73.0 Å². The first-order chi connectivity index (χ1) is 16.5. The minimum Gasteiger partial charge on any atom is -0.368 e. The van der Waals surface area contributed by atoms with Gasteiger partial charge in [-0.15, -0.1) is 0 Å². The number of allylic oxidation sites excluding steroid dienone is 1. The molecule has 8 nitrogen and oxygen atoms in total. The molecule has 1 atom stereocenters. The molecular weight excluding hydrogens is 424 g/mol. The van der Waals surface area contributed by atoms with E-state index in [9.17, 15) is 0 Å². The molecule has 1 unspecified atom stereocenters. The van der Waals surface area contributed by atoms with Crippen molar-refractivity contribution in [3.05, 3.63) is 66.4 Å². The number of hydrogen-bond acceptors (Lipinski definition) is 8. The summed E-state index contributed by atoms with van der Waals surface area (Å²) in [4.78, 5) is 21.1. The quantitative estimate of drug-likeness (QED) is 0.520. The molecule has 0 aromatic carbocycles. The SMILES string of the molecule is CC1(C)C=CC2(NCC1)c1cnccc1-c1cnc(Nc3ccc(N4CCNCC4)cn3)nc12. The van der Waals surface area contributed by atoms with Crippen LogP contribution in [0.1, 0.15) is 31.5 Å². The number of rotatable bonds is 3. The van der Waals surface area contributed by atoms with Gasteiger partial charge < -0.3 is 15.5 Å². The first kappa shape index (κ1) is 21.2. The Morgan fingerprint density at radius 2 is 1.82 bits per heavy atom. The molecule has 8 heteroatoms. The summed E-state index contributed by atoms with van der Waals surface area (Å²) in [5, 5.41) is 10.5. The molecule has 0 saturated carbocycles. The second-order valence-electron chi connectivity index (χ2n) is 9.95. The van der Waals surface area contributed by atoms with Crippen LogP contribution in [0, 0.1) is 5.41 Å². The summed E-state index contributed by atoms with van der Waals surface area (Å²) in [7, 11) is 0. The van der Waals surface area contributed by atoms with Crippen LogP contribution in [0.5, 0.6) is 0 Å². The van der Waals surface area contributed by atoms with Crippen LogP contribution in [-0.2, 0) is 5.54 Å². The summed E-state index contributed by atoms with van der Waals surface area (Å²) >= 11 is 0. The highest BCUT2D eigenvalue weighted by Gasteiger charge is 2.45. The maximum atomic E-state index is 5.02. The van der Waals surface area contributed by atoms with E-state index in [2.05, 4.69) is 73.9 Å². The highest BCUT2D eigenvalue weighted by molar-refractivity contribution is 5.80. The van der Waals surface area contributed by atoms with Crippen molar-refractivity contribution >= 4 is 17.5 Å². The molecule has 1 fully saturated rings. The van der Waals surface area contributed by atoms with Gasteiger partial charge in [0.1, 0.15) is 11.4 Å². The molecule has 3 aromatic rings. The van der Waals surface area contributed by atoms with Gasteiger partial charge >= 0.3 is 0 Å². The number of hydrogen-bond donors (Lipinski definition) is 3. The van der Waals surface area contributed by atoms with E-state index < -0.39 is 5.54 Å². The van der Waals surface area contributed by atoms with Crippen molar-refractivity contribution in [1.29, 1.82) is 0 Å². The van der Waals surface area contributed by atoms with Gasteiger partial charge in [0, 0.05) is 55.9 Å². The first-order valence-corrected chi connectivity index (χ1v) is 12.0. The molecule has 1 spiro atoms. The predicted molar refractivity (Wildman–Crippen MR) is 134 cm³/mol. The second kappa shape index (κ2) is 8.14. The van der Waals surface area contributed by atoms with E-state index in [4.69, 9.17) is 4.98 Å². The van der Waals surface area contributed by atoms with E-state index in [1.807, 2.05) is 30.9 Å². The summed E-state index contributed by atoms with van der Waals surface area (Å²) in [6.07, 6.45) is 13.3. The van der Waals surface area contributed by atoms with Crippen molar-refractivity contribution in [3.8, 4) is 11.1 Å². The summed E-state index contributed by atoms with van der Waals surface area (Å²) < 4.78 is 0. The molecule has 5 heterocycles. The Bertz CT molecular complexity index is 1230. The van der Waals surface area contributed by atoms with Gasteiger partial charge in [-0.2, -0.15) is 0 Å². The van der Waals surface area contributed by atoms with Gasteiger partial charge in [-0.1, -0.05) is 26.0 Å². The first-order valence-electron chi connectivity index (χ1n) is 12.0. The fourth-order valence-electron chi connectivity index (χ4n) is 5.12. The van der Waals surface area contributed by atoms with Gasteiger partial charge in [-0.3, -0.25) is 10.3 Å². The number of fused-ring (bicyclic) bond motifs is 5. The van der Waals surface area contributed by atoms with Crippen molar-refractivity contribution in [3.63, 3.8) is 0 Å². The average molecular weight is 455 g/mol. The Balaban J connectivity index is 1.34. The zero-order valence-corrected chi connectivity index (χ0v) is 19.7. The molecule has 3 aliphatic rings. The lowest BCUT2D eigenvalue weighted by atomic mass is 9.87. The highest BCUT2D eigenvalue weighted by atomic mass is 15.2. The van der Waals surface area contributed by atoms with Crippen LogP contribution >= 0.6 is 0 Å². The fourth-order valence-corrected chi connectivity index (χ4v) is 5.12. The normalized spacial score (nSPS) is 22.8. The summed E-state index contributed by atoms with van der Waals surface area (Å²) in [6, 6.07) is 6.16. The number of pyridine rings is 2. The lowest BCUT2D eigenvalue weighted by molar-refractivity contribution is 0.412. The van der Waals surface area contributed by atoms with Crippen LogP contribution in [0.2, 0.25) is 0 Å². The van der Waals surface area contributed by atoms with Crippen molar-refractivity contribution in [2.24, 2.45) is 5.41 Å². The third kappa shape index (κ3) is 3.63. The van der Waals surface area contributed by atoms with Crippen LogP contribution in [0.15, 0.2) is 55.1 Å². The van der Waals surface area contributed by atoms with Crippen molar-refractivity contribution < 1.29 is 0 Å². The number of nitrogens with one attached hydrogen (secondary N) is 3. The maximum absolute atomic E-state index is 5.02. The standard InChI is InChI=1S/C26H30N8/c1-25(2)6-7-26(31-10-8-25)21-17-28-9-5-19(21)20-16-30-24(33-23(20)26)32-22-4-3-18(15-29-22)34-13-11-27-12-14-34/h3-7,9,15-17,27,31H,8,10-14H2,1-2H3,(H,29,30,32,33). The van der Waals surface area contributed by atoms with Crippen LogP contribution in [0.4, 0.5) is 17.5 Å². The number of anilines is 3. The minimum atomic E-state index is -0.508. The number of piperazine rings is 1. The van der Waals surface area contributed by atoms with Crippen molar-refractivity contribution in [1.82, 2.24) is 30.6 Å². The van der Waals surface area contributed by atoms with E-state index in [1.165, 1.54) is 0 Å². The molecule has 3 N–H and O–H groups in total. The Hall–Kier alpha value is -3.36. The zero-order chi connectivity index (χ0) is 23.2. The van der Waals surface area contributed by atoms with Crippen molar-refractivity contribution in [2.75, 3.05) is 42.9 Å². The van der Waals surface area contributed by atoms with E-state index in [1.54, 1.807) is 0 Å². The molecule has 2 aliphatic heterocycles. The van der Waals surface area contributed by atoms with Gasteiger partial charge in [0.15, 0.2) is 0 Å². The molecule has 0 radical (unpaired) electrons. The summed E-state index contributed by atoms with van der Waals surface area (Å²) in [6.45, 7) is 9.43. The molecule has 1 aliphatic carbocycles. The average Bonchev–Trinajstić information content (AvgIpc) is 3.01. The lowest BCUT2D eigenvalue weighted by Gasteiger charge is -2.29. The third-order valence-electron chi connectivity index (χ3n) is 7.13. The van der Waals surface area contributed by atoms with Gasteiger partial charge in [-0.25, -0.2) is 15.0 Å².